The number of ether oxygens (including phenoxy) is 3. The molecule has 7 heteroatoms. The highest BCUT2D eigenvalue weighted by Crippen LogP contribution is 2.27. The van der Waals surface area contributed by atoms with Crippen LogP contribution in [0.3, 0.4) is 0 Å². The lowest BCUT2D eigenvalue weighted by molar-refractivity contribution is -0.122. The fourth-order valence-electron chi connectivity index (χ4n) is 2.35. The molecule has 2 amide bonds. The van der Waals surface area contributed by atoms with Crippen molar-refractivity contribution < 1.29 is 23.8 Å². The number of para-hydroxylation sites is 3. The van der Waals surface area contributed by atoms with E-state index in [1.165, 1.54) is 7.11 Å². The smallest absolute Gasteiger partial charge is 0.265 e. The molecule has 2 aromatic carbocycles. The number of carbonyl (C=O) groups is 2. The van der Waals surface area contributed by atoms with Crippen LogP contribution < -0.4 is 20.1 Å². The highest BCUT2D eigenvalue weighted by Gasteiger charge is 2.19. The third-order valence-corrected chi connectivity index (χ3v) is 3.76. The Kier molecular flexibility index (Phi) is 7.63. The highest BCUT2D eigenvalue weighted by molar-refractivity contribution is 6.04. The minimum Gasteiger partial charge on any atom is -0.493 e. The summed E-state index contributed by atoms with van der Waals surface area (Å²) >= 11 is 0. The van der Waals surface area contributed by atoms with Gasteiger partial charge in [-0.05, 0) is 31.2 Å². The second-order valence-corrected chi connectivity index (χ2v) is 5.69. The first-order valence-corrected chi connectivity index (χ1v) is 8.53. The van der Waals surface area contributed by atoms with Gasteiger partial charge in [0.15, 0.2) is 17.6 Å². The van der Waals surface area contributed by atoms with Gasteiger partial charge in [0.1, 0.15) is 0 Å². The Balaban J connectivity index is 2.05. The van der Waals surface area contributed by atoms with Crippen molar-refractivity contribution in [2.75, 3.05) is 32.7 Å². The van der Waals surface area contributed by atoms with Crippen LogP contribution in [0.15, 0.2) is 48.5 Å². The average Bonchev–Trinajstić information content (AvgIpc) is 2.68. The molecule has 7 nitrogen and oxygen atoms in total. The summed E-state index contributed by atoms with van der Waals surface area (Å²) in [5, 5.41) is 5.48. The number of rotatable bonds is 9. The van der Waals surface area contributed by atoms with E-state index in [-0.39, 0.29) is 11.8 Å². The van der Waals surface area contributed by atoms with Gasteiger partial charge in [-0.25, -0.2) is 0 Å². The highest BCUT2D eigenvalue weighted by atomic mass is 16.5. The van der Waals surface area contributed by atoms with Crippen molar-refractivity contribution >= 4 is 17.5 Å². The van der Waals surface area contributed by atoms with Gasteiger partial charge < -0.3 is 24.8 Å². The van der Waals surface area contributed by atoms with Gasteiger partial charge in [0.25, 0.3) is 11.8 Å². The van der Waals surface area contributed by atoms with Crippen molar-refractivity contribution in [1.82, 2.24) is 5.32 Å². The first-order chi connectivity index (χ1) is 13.1. The monoisotopic (exact) mass is 372 g/mol. The molecule has 0 bridgehead atoms. The minimum atomic E-state index is -0.786. The molecule has 0 saturated carbocycles. The maximum Gasteiger partial charge on any atom is 0.265 e. The van der Waals surface area contributed by atoms with E-state index in [9.17, 15) is 9.59 Å². The van der Waals surface area contributed by atoms with E-state index in [4.69, 9.17) is 14.2 Å². The molecule has 144 valence electrons. The van der Waals surface area contributed by atoms with Gasteiger partial charge in [0, 0.05) is 13.7 Å². The predicted octanol–water partition coefficient (Wildman–Crippen LogP) is 2.48. The van der Waals surface area contributed by atoms with E-state index in [0.717, 1.165) is 0 Å². The molecule has 0 radical (unpaired) electrons. The summed E-state index contributed by atoms with van der Waals surface area (Å²) in [5.41, 5.74) is 0.777. The normalized spacial score (nSPS) is 11.4. The summed E-state index contributed by atoms with van der Waals surface area (Å²) < 4.78 is 15.8. The molecule has 2 N–H and O–H groups in total. The maximum atomic E-state index is 12.5. The van der Waals surface area contributed by atoms with Crippen molar-refractivity contribution in [3.63, 3.8) is 0 Å². The second kappa shape index (κ2) is 10.2. The maximum absolute atomic E-state index is 12.5. The van der Waals surface area contributed by atoms with Gasteiger partial charge in [-0.3, -0.25) is 9.59 Å². The Labute approximate surface area is 158 Å². The number of amides is 2. The number of nitrogens with one attached hydrogen (secondary N) is 2. The standard InChI is InChI=1S/C20H24N2O5/c1-14(27-18-11-7-6-10-17(18)26-3)19(23)22-16-9-5-4-8-15(16)20(24)21-12-13-25-2/h4-11,14H,12-13H2,1-3H3,(H,21,24)(H,22,23). The van der Waals surface area contributed by atoms with Gasteiger partial charge in [0.2, 0.25) is 0 Å². The largest absolute Gasteiger partial charge is 0.493 e. The molecule has 1 unspecified atom stereocenters. The summed E-state index contributed by atoms with van der Waals surface area (Å²) in [6, 6.07) is 13.9. The average molecular weight is 372 g/mol. The molecule has 2 rings (SSSR count). The van der Waals surface area contributed by atoms with E-state index in [1.54, 1.807) is 56.5 Å². The fourth-order valence-corrected chi connectivity index (χ4v) is 2.35. The van der Waals surface area contributed by atoms with Crippen LogP contribution in [-0.4, -0.2) is 45.3 Å². The Bertz CT molecular complexity index is 778. The quantitative estimate of drug-likeness (QED) is 0.661. The molecule has 0 heterocycles. The fraction of sp³-hybridized carbons (Fsp3) is 0.300. The molecule has 0 aliphatic rings. The number of anilines is 1. The van der Waals surface area contributed by atoms with E-state index in [0.29, 0.717) is 35.9 Å². The first-order valence-electron chi connectivity index (χ1n) is 8.53. The molecule has 1 atom stereocenters. The zero-order valence-electron chi connectivity index (χ0n) is 15.7. The predicted molar refractivity (Wildman–Crippen MR) is 102 cm³/mol. The second-order valence-electron chi connectivity index (χ2n) is 5.69. The minimum absolute atomic E-state index is 0.291. The molecular weight excluding hydrogens is 348 g/mol. The molecule has 2 aromatic rings. The van der Waals surface area contributed by atoms with Crippen LogP contribution in [-0.2, 0) is 9.53 Å². The number of benzene rings is 2. The molecule has 27 heavy (non-hydrogen) atoms. The number of hydrogen-bond acceptors (Lipinski definition) is 5. The third kappa shape index (κ3) is 5.72. The summed E-state index contributed by atoms with van der Waals surface area (Å²) in [6.07, 6.45) is -0.786. The lowest BCUT2D eigenvalue weighted by atomic mass is 10.1. The van der Waals surface area contributed by atoms with Crippen molar-refractivity contribution in [1.29, 1.82) is 0 Å². The molecule has 0 spiro atoms. The van der Waals surface area contributed by atoms with Crippen LogP contribution in [0.5, 0.6) is 11.5 Å². The summed E-state index contributed by atoms with van der Waals surface area (Å²) in [7, 11) is 3.09. The molecule has 0 aliphatic carbocycles. The van der Waals surface area contributed by atoms with E-state index in [2.05, 4.69) is 10.6 Å². The van der Waals surface area contributed by atoms with Gasteiger partial charge in [-0.1, -0.05) is 24.3 Å². The van der Waals surface area contributed by atoms with Crippen molar-refractivity contribution in [2.45, 2.75) is 13.0 Å². The molecular formula is C20H24N2O5. The number of methoxy groups -OCH3 is 2. The van der Waals surface area contributed by atoms with Crippen LogP contribution in [0.4, 0.5) is 5.69 Å². The number of hydrogen-bond donors (Lipinski definition) is 2. The zero-order chi connectivity index (χ0) is 19.6. The van der Waals surface area contributed by atoms with Crippen LogP contribution in [0, 0.1) is 0 Å². The Morgan fingerprint density at radius 1 is 1.00 bits per heavy atom. The molecule has 0 saturated heterocycles. The Morgan fingerprint density at radius 2 is 1.67 bits per heavy atom. The van der Waals surface area contributed by atoms with Crippen molar-refractivity contribution in [3.8, 4) is 11.5 Å². The molecule has 0 aromatic heterocycles. The molecule has 0 fully saturated rings. The summed E-state index contributed by atoms with van der Waals surface area (Å²) in [5.74, 6) is 0.336. The lowest BCUT2D eigenvalue weighted by Crippen LogP contribution is -2.32. The SMILES string of the molecule is COCCNC(=O)c1ccccc1NC(=O)C(C)Oc1ccccc1OC. The van der Waals surface area contributed by atoms with Crippen LogP contribution in [0.1, 0.15) is 17.3 Å². The van der Waals surface area contributed by atoms with Gasteiger partial charge in [-0.2, -0.15) is 0 Å². The van der Waals surface area contributed by atoms with E-state index < -0.39 is 6.10 Å². The summed E-state index contributed by atoms with van der Waals surface area (Å²) in [6.45, 7) is 2.41. The molecule has 0 aliphatic heterocycles. The van der Waals surface area contributed by atoms with Gasteiger partial charge in [-0.15, -0.1) is 0 Å². The topological polar surface area (TPSA) is 85.9 Å². The van der Waals surface area contributed by atoms with E-state index >= 15 is 0 Å². The van der Waals surface area contributed by atoms with Crippen molar-refractivity contribution in [3.05, 3.63) is 54.1 Å². The van der Waals surface area contributed by atoms with E-state index in [1.807, 2.05) is 6.07 Å². The van der Waals surface area contributed by atoms with Crippen LogP contribution in [0.25, 0.3) is 0 Å². The Morgan fingerprint density at radius 3 is 2.37 bits per heavy atom. The Hall–Kier alpha value is -3.06. The van der Waals surface area contributed by atoms with Crippen molar-refractivity contribution in [2.24, 2.45) is 0 Å². The van der Waals surface area contributed by atoms with Crippen LogP contribution in [0.2, 0.25) is 0 Å². The van der Waals surface area contributed by atoms with Gasteiger partial charge >= 0.3 is 0 Å². The third-order valence-electron chi connectivity index (χ3n) is 3.76. The first kappa shape index (κ1) is 20.3. The van der Waals surface area contributed by atoms with Gasteiger partial charge in [0.05, 0.1) is 25.0 Å². The van der Waals surface area contributed by atoms with Crippen LogP contribution >= 0.6 is 0 Å². The lowest BCUT2D eigenvalue weighted by Gasteiger charge is -2.17. The summed E-state index contributed by atoms with van der Waals surface area (Å²) in [4.78, 5) is 24.8. The number of carbonyl (C=O) groups excluding carboxylic acids is 2. The zero-order valence-corrected chi connectivity index (χ0v) is 15.7.